The van der Waals surface area contributed by atoms with Crippen molar-refractivity contribution in [3.63, 3.8) is 0 Å². The molecule has 0 radical (unpaired) electrons. The maximum absolute atomic E-state index is 14.0. The fourth-order valence-corrected chi connectivity index (χ4v) is 6.43. The number of piperazine rings is 1. The van der Waals surface area contributed by atoms with Crippen LogP contribution in [-0.2, 0) is 16.6 Å². The Kier molecular flexibility index (Phi) is 6.08. The summed E-state index contributed by atoms with van der Waals surface area (Å²) in [6, 6.07) is 4.19. The Labute approximate surface area is 189 Å². The number of aryl methyl sites for hydroxylation is 1. The van der Waals surface area contributed by atoms with Crippen LogP contribution in [0.4, 0.5) is 8.78 Å². The first-order chi connectivity index (χ1) is 15.1. The van der Waals surface area contributed by atoms with E-state index in [4.69, 9.17) is 0 Å². The largest absolute Gasteiger partial charge is 0.335 e. The van der Waals surface area contributed by atoms with Gasteiger partial charge in [0.25, 0.3) is 5.91 Å². The van der Waals surface area contributed by atoms with Crippen LogP contribution in [0.3, 0.4) is 0 Å². The van der Waals surface area contributed by atoms with Gasteiger partial charge >= 0.3 is 0 Å². The minimum atomic E-state index is -4.19. The molecule has 2 aromatic heterocycles. The van der Waals surface area contributed by atoms with Gasteiger partial charge in [-0.1, -0.05) is 13.8 Å². The van der Waals surface area contributed by atoms with E-state index in [9.17, 15) is 22.0 Å². The number of sulfonamides is 1. The van der Waals surface area contributed by atoms with Crippen molar-refractivity contribution in [2.24, 2.45) is 5.92 Å². The third-order valence-electron chi connectivity index (χ3n) is 5.39. The van der Waals surface area contributed by atoms with Crippen molar-refractivity contribution in [1.82, 2.24) is 19.0 Å². The van der Waals surface area contributed by atoms with Crippen molar-refractivity contribution in [1.29, 1.82) is 0 Å². The lowest BCUT2D eigenvalue weighted by atomic mass is 10.2. The summed E-state index contributed by atoms with van der Waals surface area (Å²) in [6.45, 7) is 7.23. The topological polar surface area (TPSA) is 75.5 Å². The fourth-order valence-electron chi connectivity index (χ4n) is 3.79. The van der Waals surface area contributed by atoms with E-state index in [2.05, 4.69) is 18.9 Å². The standard InChI is InChI=1S/C21H24F2N4O3S2/c1-13(2)12-27-21-16(14(3)24-27)11-18(31-21)20(28)25-6-8-26(9-7-25)32(29,30)19-10-15(22)4-5-17(19)23/h4-5,10-11,13H,6-9,12H2,1-3H3. The highest BCUT2D eigenvalue weighted by molar-refractivity contribution is 7.89. The van der Waals surface area contributed by atoms with Gasteiger partial charge < -0.3 is 4.90 Å². The molecule has 11 heteroatoms. The fraction of sp³-hybridized carbons (Fsp3) is 0.429. The Morgan fingerprint density at radius 1 is 1.16 bits per heavy atom. The number of fused-ring (bicyclic) bond motifs is 1. The van der Waals surface area contributed by atoms with Gasteiger partial charge in [-0.3, -0.25) is 9.48 Å². The molecule has 0 N–H and O–H groups in total. The zero-order valence-corrected chi connectivity index (χ0v) is 19.6. The van der Waals surface area contributed by atoms with Crippen molar-refractivity contribution in [2.75, 3.05) is 26.2 Å². The van der Waals surface area contributed by atoms with E-state index in [1.807, 2.05) is 17.7 Å². The van der Waals surface area contributed by atoms with Crippen LogP contribution in [0.5, 0.6) is 0 Å². The molecule has 1 aromatic carbocycles. The second-order valence-electron chi connectivity index (χ2n) is 8.26. The Balaban J connectivity index is 1.50. The molecular weight excluding hydrogens is 458 g/mol. The van der Waals surface area contributed by atoms with Crippen molar-refractivity contribution in [3.8, 4) is 0 Å². The van der Waals surface area contributed by atoms with Gasteiger partial charge in [-0.2, -0.15) is 9.40 Å². The lowest BCUT2D eigenvalue weighted by Gasteiger charge is -2.33. The summed E-state index contributed by atoms with van der Waals surface area (Å²) in [4.78, 5) is 15.5. The minimum absolute atomic E-state index is 0.00900. The number of amides is 1. The molecule has 0 saturated carbocycles. The molecule has 4 rings (SSSR count). The zero-order valence-electron chi connectivity index (χ0n) is 18.0. The monoisotopic (exact) mass is 482 g/mol. The number of halogens is 2. The van der Waals surface area contributed by atoms with E-state index in [0.717, 1.165) is 38.9 Å². The van der Waals surface area contributed by atoms with Crippen LogP contribution >= 0.6 is 11.3 Å². The van der Waals surface area contributed by atoms with Crippen molar-refractivity contribution in [3.05, 3.63) is 46.5 Å². The summed E-state index contributed by atoms with van der Waals surface area (Å²) < 4.78 is 56.0. The van der Waals surface area contributed by atoms with Gasteiger partial charge in [-0.05, 0) is 37.1 Å². The van der Waals surface area contributed by atoms with Gasteiger partial charge in [0.2, 0.25) is 10.0 Å². The maximum Gasteiger partial charge on any atom is 0.264 e. The van der Waals surface area contributed by atoms with Crippen LogP contribution < -0.4 is 0 Å². The summed E-state index contributed by atoms with van der Waals surface area (Å²) >= 11 is 1.38. The number of hydrogen-bond acceptors (Lipinski definition) is 5. The molecule has 0 unspecified atom stereocenters. The molecule has 1 aliphatic heterocycles. The molecule has 0 atom stereocenters. The summed E-state index contributed by atoms with van der Waals surface area (Å²) in [5.41, 5.74) is 0.865. The summed E-state index contributed by atoms with van der Waals surface area (Å²) in [5.74, 6) is -1.58. The molecule has 0 spiro atoms. The third kappa shape index (κ3) is 4.16. The molecule has 1 aliphatic rings. The highest BCUT2D eigenvalue weighted by Crippen LogP contribution is 2.30. The lowest BCUT2D eigenvalue weighted by molar-refractivity contribution is 0.0702. The van der Waals surface area contributed by atoms with Crippen LogP contribution in [0.1, 0.15) is 29.2 Å². The second-order valence-corrected chi connectivity index (χ2v) is 11.2. The number of hydrogen-bond donors (Lipinski definition) is 0. The van der Waals surface area contributed by atoms with Crippen molar-refractivity contribution in [2.45, 2.75) is 32.2 Å². The minimum Gasteiger partial charge on any atom is -0.335 e. The molecular formula is C21H24F2N4O3S2. The SMILES string of the molecule is Cc1nn(CC(C)C)c2sc(C(=O)N3CCN(S(=O)(=O)c4cc(F)ccc4F)CC3)cc12. The normalized spacial score (nSPS) is 15.8. The van der Waals surface area contributed by atoms with E-state index >= 15 is 0 Å². The summed E-state index contributed by atoms with van der Waals surface area (Å²) in [5, 5.41) is 5.50. The second kappa shape index (κ2) is 8.53. The van der Waals surface area contributed by atoms with Crippen molar-refractivity contribution < 1.29 is 22.0 Å². The average Bonchev–Trinajstić information content (AvgIpc) is 3.30. The predicted molar refractivity (Wildman–Crippen MR) is 118 cm³/mol. The quantitative estimate of drug-likeness (QED) is 0.558. The van der Waals surface area contributed by atoms with E-state index in [-0.39, 0.29) is 32.1 Å². The number of aromatic nitrogens is 2. The molecule has 3 heterocycles. The number of carbonyl (C=O) groups excluding carboxylic acids is 1. The lowest BCUT2D eigenvalue weighted by Crippen LogP contribution is -2.50. The van der Waals surface area contributed by atoms with E-state index < -0.39 is 26.6 Å². The number of thiophene rings is 1. The molecule has 32 heavy (non-hydrogen) atoms. The Hall–Kier alpha value is -2.37. The zero-order chi connectivity index (χ0) is 23.2. The highest BCUT2D eigenvalue weighted by atomic mass is 32.2. The molecule has 0 bridgehead atoms. The van der Waals surface area contributed by atoms with Gasteiger partial charge in [0.15, 0.2) is 0 Å². The predicted octanol–water partition coefficient (Wildman–Crippen LogP) is 3.49. The molecule has 1 saturated heterocycles. The van der Waals surface area contributed by atoms with Gasteiger partial charge in [-0.15, -0.1) is 11.3 Å². The van der Waals surface area contributed by atoms with Crippen LogP contribution in [0.2, 0.25) is 0 Å². The molecule has 1 amide bonds. The Morgan fingerprint density at radius 3 is 2.50 bits per heavy atom. The van der Waals surface area contributed by atoms with E-state index in [1.54, 1.807) is 4.90 Å². The van der Waals surface area contributed by atoms with Crippen LogP contribution in [0, 0.1) is 24.5 Å². The van der Waals surface area contributed by atoms with Gasteiger partial charge in [0.1, 0.15) is 21.4 Å². The summed E-state index contributed by atoms with van der Waals surface area (Å²) in [6.07, 6.45) is 0. The number of rotatable bonds is 5. The Bertz CT molecular complexity index is 1280. The van der Waals surface area contributed by atoms with E-state index in [1.165, 1.54) is 11.3 Å². The molecule has 172 valence electrons. The first-order valence-corrected chi connectivity index (χ1v) is 12.5. The number of nitrogens with zero attached hydrogens (tertiary/aromatic N) is 4. The Morgan fingerprint density at radius 2 is 1.84 bits per heavy atom. The first kappa shape index (κ1) is 22.8. The molecule has 3 aromatic rings. The third-order valence-corrected chi connectivity index (χ3v) is 8.44. The van der Waals surface area contributed by atoms with Gasteiger partial charge in [-0.25, -0.2) is 17.2 Å². The van der Waals surface area contributed by atoms with Gasteiger partial charge in [0.05, 0.1) is 10.6 Å². The first-order valence-electron chi connectivity index (χ1n) is 10.3. The van der Waals surface area contributed by atoms with Crippen LogP contribution in [0.25, 0.3) is 10.2 Å². The molecule has 1 fully saturated rings. The van der Waals surface area contributed by atoms with E-state index in [0.29, 0.717) is 16.9 Å². The smallest absolute Gasteiger partial charge is 0.264 e. The van der Waals surface area contributed by atoms with Crippen molar-refractivity contribution >= 4 is 37.5 Å². The number of carbonyl (C=O) groups is 1. The molecule has 0 aliphatic carbocycles. The highest BCUT2D eigenvalue weighted by Gasteiger charge is 2.33. The van der Waals surface area contributed by atoms with Crippen LogP contribution in [-0.4, -0.2) is 59.5 Å². The molecule has 7 nitrogen and oxygen atoms in total. The summed E-state index contributed by atoms with van der Waals surface area (Å²) in [7, 11) is -4.19. The number of benzene rings is 1. The maximum atomic E-state index is 14.0. The van der Waals surface area contributed by atoms with Crippen LogP contribution in [0.15, 0.2) is 29.2 Å². The average molecular weight is 483 g/mol. The van der Waals surface area contributed by atoms with Gasteiger partial charge in [0, 0.05) is 38.1 Å².